The van der Waals surface area contributed by atoms with Crippen LogP contribution in [0.4, 0.5) is 0 Å². The van der Waals surface area contributed by atoms with Gasteiger partial charge in [0, 0.05) is 28.2 Å². The first kappa shape index (κ1) is 21.2. The topological polar surface area (TPSA) is 38.1 Å². The van der Waals surface area contributed by atoms with Gasteiger partial charge in [-0.05, 0) is 68.1 Å². The van der Waals surface area contributed by atoms with Crippen molar-refractivity contribution in [2.24, 2.45) is 0 Å². The highest BCUT2D eigenvalue weighted by Gasteiger charge is 2.25. The van der Waals surface area contributed by atoms with Crippen LogP contribution in [0.25, 0.3) is 11.0 Å². The number of nitrogens with zero attached hydrogens (tertiary/aromatic N) is 3. The fraction of sp³-hybridized carbons (Fsp3) is 0.417. The minimum absolute atomic E-state index is 0.0136. The molecule has 0 atom stereocenters. The van der Waals surface area contributed by atoms with Gasteiger partial charge in [-0.2, -0.15) is 0 Å². The van der Waals surface area contributed by atoms with Gasteiger partial charge in [-0.25, -0.2) is 4.98 Å². The summed E-state index contributed by atoms with van der Waals surface area (Å²) in [4.78, 5) is 20.1. The van der Waals surface area contributed by atoms with Gasteiger partial charge in [0.2, 0.25) is 0 Å². The SMILES string of the molecule is CCCN(Cc1nc2ccc(Cl)cc2n1C1CCCC1)C(=O)c1ccc(Cl)c(C)c1. The second kappa shape index (κ2) is 8.99. The lowest BCUT2D eigenvalue weighted by atomic mass is 10.1. The van der Waals surface area contributed by atoms with Gasteiger partial charge in [0.15, 0.2) is 0 Å². The number of benzene rings is 2. The number of amides is 1. The second-order valence-corrected chi connectivity index (χ2v) is 9.00. The van der Waals surface area contributed by atoms with Crippen LogP contribution in [0.2, 0.25) is 10.0 Å². The van der Waals surface area contributed by atoms with Gasteiger partial charge in [-0.3, -0.25) is 4.79 Å². The van der Waals surface area contributed by atoms with E-state index in [1.165, 1.54) is 12.8 Å². The normalized spacial score (nSPS) is 14.5. The van der Waals surface area contributed by atoms with E-state index in [2.05, 4.69) is 11.5 Å². The molecule has 3 aromatic rings. The summed E-state index contributed by atoms with van der Waals surface area (Å²) in [7, 11) is 0. The number of carbonyl (C=O) groups excluding carboxylic acids is 1. The summed E-state index contributed by atoms with van der Waals surface area (Å²) in [6, 6.07) is 11.7. The summed E-state index contributed by atoms with van der Waals surface area (Å²) in [5, 5.41) is 1.39. The van der Waals surface area contributed by atoms with Crippen molar-refractivity contribution in [1.82, 2.24) is 14.5 Å². The van der Waals surface area contributed by atoms with Gasteiger partial charge in [-0.15, -0.1) is 0 Å². The Morgan fingerprint density at radius 3 is 2.63 bits per heavy atom. The van der Waals surface area contributed by atoms with Crippen molar-refractivity contribution in [2.45, 2.75) is 58.5 Å². The van der Waals surface area contributed by atoms with E-state index in [0.717, 1.165) is 41.7 Å². The first-order chi connectivity index (χ1) is 14.5. The van der Waals surface area contributed by atoms with Crippen LogP contribution in [0.3, 0.4) is 0 Å². The van der Waals surface area contributed by atoms with E-state index < -0.39 is 0 Å². The van der Waals surface area contributed by atoms with Crippen LogP contribution in [-0.2, 0) is 6.54 Å². The minimum atomic E-state index is 0.0136. The lowest BCUT2D eigenvalue weighted by Gasteiger charge is -2.24. The predicted molar refractivity (Wildman–Crippen MR) is 123 cm³/mol. The summed E-state index contributed by atoms with van der Waals surface area (Å²) in [6.07, 6.45) is 5.62. The Kier molecular flexibility index (Phi) is 6.35. The number of imidazole rings is 1. The molecule has 1 saturated carbocycles. The number of halogens is 2. The number of aromatic nitrogens is 2. The molecule has 0 spiro atoms. The van der Waals surface area contributed by atoms with Crippen molar-refractivity contribution < 1.29 is 4.79 Å². The quantitative estimate of drug-likeness (QED) is 0.419. The summed E-state index contributed by atoms with van der Waals surface area (Å²) >= 11 is 12.5. The maximum atomic E-state index is 13.3. The molecule has 2 aromatic carbocycles. The van der Waals surface area contributed by atoms with Gasteiger partial charge < -0.3 is 9.47 Å². The van der Waals surface area contributed by atoms with E-state index in [9.17, 15) is 4.79 Å². The van der Waals surface area contributed by atoms with Gasteiger partial charge in [0.05, 0.1) is 17.6 Å². The molecule has 1 aliphatic rings. The highest BCUT2D eigenvalue weighted by molar-refractivity contribution is 6.31. The maximum absolute atomic E-state index is 13.3. The Morgan fingerprint density at radius 2 is 1.93 bits per heavy atom. The van der Waals surface area contributed by atoms with E-state index in [4.69, 9.17) is 28.2 Å². The van der Waals surface area contributed by atoms with Crippen molar-refractivity contribution in [3.05, 3.63) is 63.4 Å². The third kappa shape index (κ3) is 4.21. The molecular formula is C24H27Cl2N3O. The van der Waals surface area contributed by atoms with Crippen LogP contribution in [0.1, 0.15) is 66.8 Å². The van der Waals surface area contributed by atoms with E-state index in [-0.39, 0.29) is 5.91 Å². The molecule has 4 rings (SSSR count). The molecule has 0 bridgehead atoms. The van der Waals surface area contributed by atoms with Crippen LogP contribution in [0, 0.1) is 6.92 Å². The van der Waals surface area contributed by atoms with Crippen molar-refractivity contribution >= 4 is 40.1 Å². The molecule has 158 valence electrons. The van der Waals surface area contributed by atoms with E-state index in [1.54, 1.807) is 12.1 Å². The van der Waals surface area contributed by atoms with Crippen LogP contribution < -0.4 is 0 Å². The monoisotopic (exact) mass is 443 g/mol. The smallest absolute Gasteiger partial charge is 0.254 e. The van der Waals surface area contributed by atoms with Crippen molar-refractivity contribution in [3.8, 4) is 0 Å². The third-order valence-electron chi connectivity index (χ3n) is 5.93. The standard InChI is InChI=1S/C24H27Cl2N3O/c1-3-12-28(24(30)17-8-10-20(26)16(2)13-17)15-23-27-21-11-9-18(25)14-22(21)29(23)19-6-4-5-7-19/h8-11,13-14,19H,3-7,12,15H2,1-2H3. The van der Waals surface area contributed by atoms with Crippen LogP contribution in [0.15, 0.2) is 36.4 Å². The van der Waals surface area contributed by atoms with E-state index >= 15 is 0 Å². The Hall–Kier alpha value is -2.04. The molecule has 4 nitrogen and oxygen atoms in total. The zero-order chi connectivity index (χ0) is 21.3. The Morgan fingerprint density at radius 1 is 1.17 bits per heavy atom. The Bertz CT molecular complexity index is 1070. The molecule has 0 aliphatic heterocycles. The molecule has 1 aliphatic carbocycles. The summed E-state index contributed by atoms with van der Waals surface area (Å²) < 4.78 is 2.33. The molecular weight excluding hydrogens is 417 g/mol. The number of aryl methyl sites for hydroxylation is 1. The molecule has 1 aromatic heterocycles. The molecule has 0 radical (unpaired) electrons. The molecule has 0 saturated heterocycles. The zero-order valence-corrected chi connectivity index (χ0v) is 19.0. The van der Waals surface area contributed by atoms with Crippen LogP contribution in [-0.4, -0.2) is 26.9 Å². The second-order valence-electron chi connectivity index (χ2n) is 8.16. The van der Waals surface area contributed by atoms with Gasteiger partial charge in [0.25, 0.3) is 5.91 Å². The van der Waals surface area contributed by atoms with Crippen LogP contribution >= 0.6 is 23.2 Å². The van der Waals surface area contributed by atoms with Crippen molar-refractivity contribution in [1.29, 1.82) is 0 Å². The van der Waals surface area contributed by atoms with E-state index in [1.807, 2.05) is 36.1 Å². The lowest BCUT2D eigenvalue weighted by molar-refractivity contribution is 0.0736. The molecule has 6 heteroatoms. The Labute approximate surface area is 187 Å². The average molecular weight is 444 g/mol. The minimum Gasteiger partial charge on any atom is -0.331 e. The number of hydrogen-bond donors (Lipinski definition) is 0. The van der Waals surface area contributed by atoms with E-state index in [0.29, 0.717) is 34.7 Å². The molecule has 1 heterocycles. The molecule has 1 fully saturated rings. The summed E-state index contributed by atoms with van der Waals surface area (Å²) in [5.41, 5.74) is 3.58. The first-order valence-electron chi connectivity index (χ1n) is 10.7. The van der Waals surface area contributed by atoms with Gasteiger partial charge >= 0.3 is 0 Å². The maximum Gasteiger partial charge on any atom is 0.254 e. The molecule has 0 unspecified atom stereocenters. The average Bonchev–Trinajstić information content (AvgIpc) is 3.36. The molecule has 1 amide bonds. The zero-order valence-electron chi connectivity index (χ0n) is 17.5. The molecule has 0 N–H and O–H groups in total. The fourth-order valence-corrected chi connectivity index (χ4v) is 4.73. The van der Waals surface area contributed by atoms with Crippen molar-refractivity contribution in [2.75, 3.05) is 6.54 Å². The first-order valence-corrected chi connectivity index (χ1v) is 11.4. The van der Waals surface area contributed by atoms with Crippen LogP contribution in [0.5, 0.6) is 0 Å². The van der Waals surface area contributed by atoms with Gasteiger partial charge in [-0.1, -0.05) is 43.0 Å². The number of rotatable bonds is 6. The largest absolute Gasteiger partial charge is 0.331 e. The fourth-order valence-electron chi connectivity index (χ4n) is 4.45. The number of carbonyl (C=O) groups is 1. The number of hydrogen-bond acceptors (Lipinski definition) is 2. The Balaban J connectivity index is 1.71. The number of fused-ring (bicyclic) bond motifs is 1. The summed E-state index contributed by atoms with van der Waals surface area (Å²) in [5.74, 6) is 0.950. The van der Waals surface area contributed by atoms with Gasteiger partial charge in [0.1, 0.15) is 5.82 Å². The van der Waals surface area contributed by atoms with Crippen molar-refractivity contribution in [3.63, 3.8) is 0 Å². The molecule has 30 heavy (non-hydrogen) atoms. The lowest BCUT2D eigenvalue weighted by Crippen LogP contribution is -2.32. The third-order valence-corrected chi connectivity index (χ3v) is 6.59. The highest BCUT2D eigenvalue weighted by Crippen LogP contribution is 2.35. The summed E-state index contributed by atoms with van der Waals surface area (Å²) in [6.45, 7) is 5.17. The predicted octanol–water partition coefficient (Wildman–Crippen LogP) is 6.82. The highest BCUT2D eigenvalue weighted by atomic mass is 35.5.